The van der Waals surface area contributed by atoms with Crippen LogP contribution in [-0.2, 0) is 6.42 Å². The van der Waals surface area contributed by atoms with Crippen molar-refractivity contribution in [1.29, 1.82) is 0 Å². The van der Waals surface area contributed by atoms with Gasteiger partial charge in [-0.1, -0.05) is 28.1 Å². The molecule has 0 aromatic heterocycles. The zero-order chi connectivity index (χ0) is 10.6. The molecule has 1 heteroatoms. The molecule has 0 aliphatic heterocycles. The second-order valence-electron chi connectivity index (χ2n) is 4.16. The van der Waals surface area contributed by atoms with E-state index in [0.717, 1.165) is 17.3 Å². The number of hydrogen-bond acceptors (Lipinski definition) is 0. The van der Waals surface area contributed by atoms with Crippen molar-refractivity contribution in [2.75, 3.05) is 0 Å². The predicted molar refractivity (Wildman–Crippen MR) is 65.1 cm³/mol. The average Bonchev–Trinajstić information content (AvgIpc) is 2.15. The number of hydrogen-bond donors (Lipinski definition) is 0. The minimum atomic E-state index is 0.00230. The zero-order valence-corrected chi connectivity index (χ0v) is 10.3. The SMILES string of the molecule is C#CC(C)(C)CCc1cccc(Br)c1. The van der Waals surface area contributed by atoms with Crippen LogP contribution in [0, 0.1) is 17.8 Å². The molecule has 14 heavy (non-hydrogen) atoms. The Balaban J connectivity index is 2.59. The Bertz CT molecular complexity index is 344. The van der Waals surface area contributed by atoms with E-state index in [9.17, 15) is 0 Å². The van der Waals surface area contributed by atoms with Crippen molar-refractivity contribution >= 4 is 15.9 Å². The quantitative estimate of drug-likeness (QED) is 0.711. The molecular weight excluding hydrogens is 236 g/mol. The van der Waals surface area contributed by atoms with Gasteiger partial charge in [0.05, 0.1) is 0 Å². The summed E-state index contributed by atoms with van der Waals surface area (Å²) < 4.78 is 1.13. The third-order valence-electron chi connectivity index (χ3n) is 2.32. The lowest BCUT2D eigenvalue weighted by Crippen LogP contribution is -2.08. The smallest absolute Gasteiger partial charge is 0.0259 e. The van der Waals surface area contributed by atoms with Crippen LogP contribution in [-0.4, -0.2) is 0 Å². The van der Waals surface area contributed by atoms with Gasteiger partial charge >= 0.3 is 0 Å². The molecule has 0 aliphatic carbocycles. The molecule has 0 N–H and O–H groups in total. The molecule has 0 spiro atoms. The number of benzene rings is 1. The molecule has 0 bridgehead atoms. The van der Waals surface area contributed by atoms with Crippen LogP contribution in [0.4, 0.5) is 0 Å². The van der Waals surface area contributed by atoms with Crippen molar-refractivity contribution in [3.8, 4) is 12.3 Å². The van der Waals surface area contributed by atoms with Crippen molar-refractivity contribution in [1.82, 2.24) is 0 Å². The first-order valence-electron chi connectivity index (χ1n) is 4.76. The molecule has 0 heterocycles. The maximum Gasteiger partial charge on any atom is 0.0259 e. The molecule has 0 saturated carbocycles. The van der Waals surface area contributed by atoms with Gasteiger partial charge in [0.15, 0.2) is 0 Å². The molecule has 0 unspecified atom stereocenters. The van der Waals surface area contributed by atoms with E-state index in [1.807, 2.05) is 6.07 Å². The van der Waals surface area contributed by atoms with Crippen molar-refractivity contribution < 1.29 is 0 Å². The van der Waals surface area contributed by atoms with Crippen molar-refractivity contribution in [3.05, 3.63) is 34.3 Å². The summed E-state index contributed by atoms with van der Waals surface area (Å²) in [4.78, 5) is 0. The van der Waals surface area contributed by atoms with E-state index in [0.29, 0.717) is 0 Å². The lowest BCUT2D eigenvalue weighted by atomic mass is 9.87. The molecule has 0 fully saturated rings. The fourth-order valence-electron chi connectivity index (χ4n) is 1.22. The van der Waals surface area contributed by atoms with Gasteiger partial charge in [-0.15, -0.1) is 12.3 Å². The van der Waals surface area contributed by atoms with E-state index >= 15 is 0 Å². The fraction of sp³-hybridized carbons (Fsp3) is 0.385. The lowest BCUT2D eigenvalue weighted by Gasteiger charge is -2.16. The molecule has 0 amide bonds. The standard InChI is InChI=1S/C13H15Br/c1-4-13(2,3)9-8-11-6-5-7-12(14)10-11/h1,5-7,10H,8-9H2,2-3H3. The van der Waals surface area contributed by atoms with Gasteiger partial charge in [-0.2, -0.15) is 0 Å². The second kappa shape index (κ2) is 4.66. The predicted octanol–water partition coefficient (Wildman–Crippen LogP) is 4.04. The van der Waals surface area contributed by atoms with Gasteiger partial charge in [0.25, 0.3) is 0 Å². The van der Waals surface area contributed by atoms with Gasteiger partial charge in [0, 0.05) is 9.89 Å². The molecular formula is C13H15Br. The summed E-state index contributed by atoms with van der Waals surface area (Å²) in [5, 5.41) is 0. The number of terminal acetylenes is 1. The molecule has 0 atom stereocenters. The lowest BCUT2D eigenvalue weighted by molar-refractivity contribution is 0.459. The number of rotatable bonds is 3. The summed E-state index contributed by atoms with van der Waals surface area (Å²) in [7, 11) is 0. The molecule has 0 radical (unpaired) electrons. The second-order valence-corrected chi connectivity index (χ2v) is 5.07. The average molecular weight is 251 g/mol. The summed E-state index contributed by atoms with van der Waals surface area (Å²) >= 11 is 3.46. The van der Waals surface area contributed by atoms with Crippen LogP contribution in [0.5, 0.6) is 0 Å². The highest BCUT2D eigenvalue weighted by molar-refractivity contribution is 9.10. The Morgan fingerprint density at radius 3 is 2.71 bits per heavy atom. The summed E-state index contributed by atoms with van der Waals surface area (Å²) in [6.07, 6.45) is 7.51. The van der Waals surface area contributed by atoms with Gasteiger partial charge in [-0.05, 0) is 44.4 Å². The molecule has 0 aliphatic rings. The summed E-state index contributed by atoms with van der Waals surface area (Å²) in [5.74, 6) is 2.81. The van der Waals surface area contributed by atoms with E-state index < -0.39 is 0 Å². The molecule has 1 aromatic rings. The van der Waals surface area contributed by atoms with E-state index in [4.69, 9.17) is 6.42 Å². The molecule has 0 nitrogen and oxygen atoms in total. The fourth-order valence-corrected chi connectivity index (χ4v) is 1.67. The Morgan fingerprint density at radius 2 is 2.14 bits per heavy atom. The monoisotopic (exact) mass is 250 g/mol. The van der Waals surface area contributed by atoms with E-state index in [1.165, 1.54) is 5.56 Å². The highest BCUT2D eigenvalue weighted by Crippen LogP contribution is 2.22. The van der Waals surface area contributed by atoms with Crippen molar-refractivity contribution in [2.45, 2.75) is 26.7 Å². The summed E-state index contributed by atoms with van der Waals surface area (Å²) in [6, 6.07) is 8.38. The molecule has 74 valence electrons. The third kappa shape index (κ3) is 3.55. The first-order valence-corrected chi connectivity index (χ1v) is 5.55. The minimum Gasteiger partial charge on any atom is -0.120 e. The van der Waals surface area contributed by atoms with Crippen LogP contribution in [0.25, 0.3) is 0 Å². The maximum atomic E-state index is 5.44. The largest absolute Gasteiger partial charge is 0.120 e. The van der Waals surface area contributed by atoms with Crippen LogP contribution >= 0.6 is 15.9 Å². The Morgan fingerprint density at radius 1 is 1.43 bits per heavy atom. The third-order valence-corrected chi connectivity index (χ3v) is 2.81. The van der Waals surface area contributed by atoms with Gasteiger partial charge in [0.1, 0.15) is 0 Å². The topological polar surface area (TPSA) is 0 Å². The Kier molecular flexibility index (Phi) is 3.77. The van der Waals surface area contributed by atoms with Crippen LogP contribution in [0.1, 0.15) is 25.8 Å². The maximum absolute atomic E-state index is 5.44. The van der Waals surface area contributed by atoms with Gasteiger partial charge in [0.2, 0.25) is 0 Å². The number of halogens is 1. The minimum absolute atomic E-state index is 0.00230. The van der Waals surface area contributed by atoms with E-state index in [1.54, 1.807) is 0 Å². The highest BCUT2D eigenvalue weighted by Gasteiger charge is 2.13. The van der Waals surface area contributed by atoms with Gasteiger partial charge < -0.3 is 0 Å². The van der Waals surface area contributed by atoms with Crippen LogP contribution < -0.4 is 0 Å². The molecule has 1 rings (SSSR count). The van der Waals surface area contributed by atoms with Crippen LogP contribution in [0.15, 0.2) is 28.7 Å². The zero-order valence-electron chi connectivity index (χ0n) is 8.68. The van der Waals surface area contributed by atoms with Crippen LogP contribution in [0.2, 0.25) is 0 Å². The first kappa shape index (κ1) is 11.3. The molecule has 0 saturated heterocycles. The Hall–Kier alpha value is -0.740. The normalized spacial score (nSPS) is 11.0. The summed E-state index contributed by atoms with van der Waals surface area (Å²) in [5.41, 5.74) is 1.34. The van der Waals surface area contributed by atoms with E-state index in [2.05, 4.69) is 53.9 Å². The summed E-state index contributed by atoms with van der Waals surface area (Å²) in [6.45, 7) is 4.20. The number of aryl methyl sites for hydroxylation is 1. The first-order chi connectivity index (χ1) is 6.53. The Labute approximate surface area is 94.9 Å². The van der Waals surface area contributed by atoms with Crippen molar-refractivity contribution in [3.63, 3.8) is 0 Å². The van der Waals surface area contributed by atoms with Gasteiger partial charge in [-0.25, -0.2) is 0 Å². The van der Waals surface area contributed by atoms with Crippen LogP contribution in [0.3, 0.4) is 0 Å². The van der Waals surface area contributed by atoms with Gasteiger partial charge in [-0.3, -0.25) is 0 Å². The van der Waals surface area contributed by atoms with E-state index in [-0.39, 0.29) is 5.41 Å². The molecule has 1 aromatic carbocycles. The highest BCUT2D eigenvalue weighted by atomic mass is 79.9. The van der Waals surface area contributed by atoms with Crippen molar-refractivity contribution in [2.24, 2.45) is 5.41 Å².